The number of carbonyl (C=O) groups is 1. The van der Waals surface area contributed by atoms with Gasteiger partial charge in [0.25, 0.3) is 5.91 Å². The van der Waals surface area contributed by atoms with E-state index in [1.807, 2.05) is 47.9 Å². The molecule has 1 amide bonds. The van der Waals surface area contributed by atoms with Gasteiger partial charge in [0.1, 0.15) is 5.82 Å². The first-order chi connectivity index (χ1) is 17.5. The van der Waals surface area contributed by atoms with Crippen molar-refractivity contribution in [3.05, 3.63) is 113 Å². The second-order valence-electron chi connectivity index (χ2n) is 9.36. The lowest BCUT2D eigenvalue weighted by molar-refractivity contribution is 0.0908. The van der Waals surface area contributed by atoms with Gasteiger partial charge >= 0.3 is 0 Å². The van der Waals surface area contributed by atoms with Crippen LogP contribution in [0.3, 0.4) is 0 Å². The van der Waals surface area contributed by atoms with Gasteiger partial charge in [-0.25, -0.2) is 4.39 Å². The summed E-state index contributed by atoms with van der Waals surface area (Å²) in [6, 6.07) is 26.4. The minimum Gasteiger partial charge on any atom is -0.349 e. The predicted molar refractivity (Wildman–Crippen MR) is 143 cm³/mol. The van der Waals surface area contributed by atoms with E-state index >= 15 is 0 Å². The number of likely N-dealkylation sites (tertiary alicyclic amines) is 1. The molecule has 0 aliphatic carbocycles. The molecular weight excluding hydrogens is 473 g/mol. The third-order valence-electron chi connectivity index (χ3n) is 6.89. The molecule has 4 nitrogen and oxygen atoms in total. The maximum Gasteiger partial charge on any atom is 0.253 e. The van der Waals surface area contributed by atoms with E-state index in [1.54, 1.807) is 12.1 Å². The summed E-state index contributed by atoms with van der Waals surface area (Å²) in [5, 5.41) is 3.91. The SMILES string of the molecule is Cc1c(C(=O)NC2CCN(Cc3ccccc3)CC2)cc(-c2ccc(Cl)cc2)n1-c1ccc(F)cc1. The molecule has 4 aromatic rings. The summed E-state index contributed by atoms with van der Waals surface area (Å²) in [5.74, 6) is -0.377. The van der Waals surface area contributed by atoms with Gasteiger partial charge in [-0.2, -0.15) is 0 Å². The largest absolute Gasteiger partial charge is 0.349 e. The summed E-state index contributed by atoms with van der Waals surface area (Å²) in [6.45, 7) is 4.77. The highest BCUT2D eigenvalue weighted by molar-refractivity contribution is 6.30. The maximum absolute atomic E-state index is 13.6. The number of rotatable bonds is 6. The Kier molecular flexibility index (Phi) is 7.21. The second-order valence-corrected chi connectivity index (χ2v) is 9.79. The topological polar surface area (TPSA) is 37.3 Å². The molecule has 0 atom stereocenters. The molecule has 6 heteroatoms. The van der Waals surface area contributed by atoms with Crippen LogP contribution in [0.5, 0.6) is 0 Å². The highest BCUT2D eigenvalue weighted by Gasteiger charge is 2.24. The number of hydrogen-bond acceptors (Lipinski definition) is 2. The second kappa shape index (κ2) is 10.7. The number of nitrogens with one attached hydrogen (secondary N) is 1. The van der Waals surface area contributed by atoms with Gasteiger partial charge in [-0.05, 0) is 73.4 Å². The monoisotopic (exact) mass is 501 g/mol. The summed E-state index contributed by atoms with van der Waals surface area (Å²) in [7, 11) is 0. The van der Waals surface area contributed by atoms with Crippen LogP contribution in [-0.2, 0) is 6.54 Å². The van der Waals surface area contributed by atoms with E-state index in [0.29, 0.717) is 10.6 Å². The zero-order valence-electron chi connectivity index (χ0n) is 20.3. The fourth-order valence-corrected chi connectivity index (χ4v) is 5.06. The molecule has 5 rings (SSSR count). The molecule has 0 saturated carbocycles. The number of benzene rings is 3. The molecule has 184 valence electrons. The number of hydrogen-bond donors (Lipinski definition) is 1. The molecule has 0 radical (unpaired) electrons. The lowest BCUT2D eigenvalue weighted by Gasteiger charge is -2.32. The third kappa shape index (κ3) is 5.38. The Morgan fingerprint density at radius 2 is 1.64 bits per heavy atom. The standard InChI is InChI=1S/C30H29ClFN3O/c1-21-28(30(36)33-26-15-17-34(18-16-26)20-22-5-3-2-4-6-22)19-29(23-7-9-24(31)10-8-23)35(21)27-13-11-25(32)12-14-27/h2-14,19,26H,15-18,20H2,1H3,(H,33,36). The van der Waals surface area contributed by atoms with E-state index < -0.39 is 0 Å². The minimum absolute atomic E-state index is 0.0786. The summed E-state index contributed by atoms with van der Waals surface area (Å²) in [6.07, 6.45) is 1.83. The summed E-state index contributed by atoms with van der Waals surface area (Å²) < 4.78 is 15.6. The zero-order chi connectivity index (χ0) is 25.1. The molecule has 36 heavy (non-hydrogen) atoms. The Bertz CT molecular complexity index is 1330. The molecule has 1 fully saturated rings. The predicted octanol–water partition coefficient (Wildman–Crippen LogP) is 6.64. The van der Waals surface area contributed by atoms with E-state index in [1.165, 1.54) is 17.7 Å². The van der Waals surface area contributed by atoms with Crippen LogP contribution in [0, 0.1) is 12.7 Å². The Morgan fingerprint density at radius 1 is 0.972 bits per heavy atom. The lowest BCUT2D eigenvalue weighted by Crippen LogP contribution is -2.44. The third-order valence-corrected chi connectivity index (χ3v) is 7.14. The van der Waals surface area contributed by atoms with E-state index in [9.17, 15) is 9.18 Å². The summed E-state index contributed by atoms with van der Waals surface area (Å²) in [5.41, 5.74) is 5.33. The van der Waals surface area contributed by atoms with Crippen LogP contribution in [0.15, 0.2) is 84.9 Å². The van der Waals surface area contributed by atoms with E-state index in [4.69, 9.17) is 11.6 Å². The number of nitrogens with zero attached hydrogens (tertiary/aromatic N) is 2. The van der Waals surface area contributed by atoms with Crippen molar-refractivity contribution in [1.29, 1.82) is 0 Å². The highest BCUT2D eigenvalue weighted by Crippen LogP contribution is 2.31. The first-order valence-corrected chi connectivity index (χ1v) is 12.7. The Morgan fingerprint density at radius 3 is 2.31 bits per heavy atom. The quantitative estimate of drug-likeness (QED) is 0.321. The van der Waals surface area contributed by atoms with Gasteiger partial charge < -0.3 is 9.88 Å². The fourth-order valence-electron chi connectivity index (χ4n) is 4.93. The molecule has 2 heterocycles. The molecule has 1 aliphatic rings. The molecular formula is C30H29ClFN3O. The molecule has 3 aromatic carbocycles. The minimum atomic E-state index is -0.298. The zero-order valence-corrected chi connectivity index (χ0v) is 21.0. The number of carbonyl (C=O) groups excluding carboxylic acids is 1. The lowest BCUT2D eigenvalue weighted by atomic mass is 10.0. The molecule has 1 saturated heterocycles. The van der Waals surface area contributed by atoms with Crippen LogP contribution >= 0.6 is 11.6 Å². The molecule has 0 bridgehead atoms. The van der Waals surface area contributed by atoms with Crippen molar-refractivity contribution in [2.24, 2.45) is 0 Å². The van der Waals surface area contributed by atoms with Gasteiger partial charge in [0, 0.05) is 42.1 Å². The van der Waals surface area contributed by atoms with Crippen LogP contribution in [0.4, 0.5) is 4.39 Å². The van der Waals surface area contributed by atoms with Crippen molar-refractivity contribution in [2.75, 3.05) is 13.1 Å². The number of aromatic nitrogens is 1. The number of amides is 1. The van der Waals surface area contributed by atoms with Crippen molar-refractivity contribution in [3.63, 3.8) is 0 Å². The number of halogens is 2. The van der Waals surface area contributed by atoms with Gasteiger partial charge in [0.15, 0.2) is 0 Å². The Labute approximate surface area is 216 Å². The normalized spacial score (nSPS) is 14.6. The molecule has 1 aliphatic heterocycles. The van der Waals surface area contributed by atoms with Crippen LogP contribution in [-0.4, -0.2) is 34.5 Å². The Hall–Kier alpha value is -3.41. The average Bonchev–Trinajstić information content (AvgIpc) is 3.24. The van der Waals surface area contributed by atoms with Crippen LogP contribution < -0.4 is 5.32 Å². The van der Waals surface area contributed by atoms with Crippen LogP contribution in [0.1, 0.15) is 34.5 Å². The molecule has 0 spiro atoms. The van der Waals surface area contributed by atoms with E-state index in [0.717, 1.165) is 55.1 Å². The highest BCUT2D eigenvalue weighted by atomic mass is 35.5. The van der Waals surface area contributed by atoms with Crippen molar-refractivity contribution in [3.8, 4) is 16.9 Å². The maximum atomic E-state index is 13.6. The Balaban J connectivity index is 1.34. The van der Waals surface area contributed by atoms with E-state index in [2.05, 4.69) is 34.5 Å². The summed E-state index contributed by atoms with van der Waals surface area (Å²) in [4.78, 5) is 15.9. The van der Waals surface area contributed by atoms with Gasteiger partial charge in [0.05, 0.1) is 11.3 Å². The first kappa shape index (κ1) is 24.3. The van der Waals surface area contributed by atoms with Crippen molar-refractivity contribution < 1.29 is 9.18 Å². The smallest absolute Gasteiger partial charge is 0.253 e. The number of piperidine rings is 1. The molecule has 1 aromatic heterocycles. The van der Waals surface area contributed by atoms with Crippen molar-refractivity contribution in [2.45, 2.75) is 32.4 Å². The fraction of sp³-hybridized carbons (Fsp3) is 0.233. The average molecular weight is 502 g/mol. The van der Waals surface area contributed by atoms with Gasteiger partial charge in [0.2, 0.25) is 0 Å². The van der Waals surface area contributed by atoms with Gasteiger partial charge in [-0.1, -0.05) is 54.1 Å². The van der Waals surface area contributed by atoms with Gasteiger partial charge in [-0.15, -0.1) is 0 Å². The van der Waals surface area contributed by atoms with Crippen molar-refractivity contribution in [1.82, 2.24) is 14.8 Å². The molecule has 1 N–H and O–H groups in total. The van der Waals surface area contributed by atoms with Crippen molar-refractivity contribution >= 4 is 17.5 Å². The summed E-state index contributed by atoms with van der Waals surface area (Å²) >= 11 is 6.11. The van der Waals surface area contributed by atoms with E-state index in [-0.39, 0.29) is 17.8 Å². The van der Waals surface area contributed by atoms with Crippen LogP contribution in [0.25, 0.3) is 16.9 Å². The first-order valence-electron chi connectivity index (χ1n) is 12.3. The van der Waals surface area contributed by atoms with Crippen LogP contribution in [0.2, 0.25) is 5.02 Å². The van der Waals surface area contributed by atoms with Gasteiger partial charge in [-0.3, -0.25) is 9.69 Å². The molecule has 0 unspecified atom stereocenters.